The van der Waals surface area contributed by atoms with Crippen LogP contribution in [0.15, 0.2) is 47.4 Å². The van der Waals surface area contributed by atoms with E-state index >= 15 is 0 Å². The van der Waals surface area contributed by atoms with Gasteiger partial charge in [0.05, 0.1) is 19.1 Å². The van der Waals surface area contributed by atoms with Gasteiger partial charge >= 0.3 is 0 Å². The molecule has 1 aliphatic heterocycles. The Morgan fingerprint density at radius 2 is 1.59 bits per heavy atom. The summed E-state index contributed by atoms with van der Waals surface area (Å²) in [6.07, 6.45) is 0. The molecule has 0 unspecified atom stereocenters. The van der Waals surface area contributed by atoms with Crippen molar-refractivity contribution in [3.8, 4) is 11.5 Å². The molecule has 0 bridgehead atoms. The number of methoxy groups -OCH3 is 2. The first-order chi connectivity index (χ1) is 12.9. The lowest BCUT2D eigenvalue weighted by molar-refractivity contribution is 0.181. The number of benzene rings is 2. The van der Waals surface area contributed by atoms with Crippen LogP contribution in [0.5, 0.6) is 11.5 Å². The zero-order valence-electron chi connectivity index (χ0n) is 16.0. The van der Waals surface area contributed by atoms with E-state index in [1.54, 1.807) is 42.8 Å². The van der Waals surface area contributed by atoms with Crippen molar-refractivity contribution < 1.29 is 17.9 Å². The van der Waals surface area contributed by atoms with Crippen molar-refractivity contribution in [2.45, 2.75) is 18.4 Å². The van der Waals surface area contributed by atoms with Crippen LogP contribution in [0, 0.1) is 6.92 Å². The molecule has 3 rings (SSSR count). The Morgan fingerprint density at radius 3 is 2.15 bits per heavy atom. The maximum absolute atomic E-state index is 12.8. The van der Waals surface area contributed by atoms with Crippen molar-refractivity contribution in [3.05, 3.63) is 53.6 Å². The first kappa shape index (κ1) is 19.7. The first-order valence-electron chi connectivity index (χ1n) is 8.94. The molecule has 0 saturated carbocycles. The van der Waals surface area contributed by atoms with Gasteiger partial charge in [0.25, 0.3) is 0 Å². The molecule has 0 aromatic heterocycles. The Hall–Kier alpha value is -2.09. The molecule has 1 fully saturated rings. The van der Waals surface area contributed by atoms with Crippen molar-refractivity contribution >= 4 is 10.0 Å². The third-order valence-corrected chi connectivity index (χ3v) is 6.81. The van der Waals surface area contributed by atoms with Crippen LogP contribution in [-0.2, 0) is 16.6 Å². The van der Waals surface area contributed by atoms with Gasteiger partial charge in [-0.05, 0) is 48.4 Å². The number of hydrogen-bond donors (Lipinski definition) is 0. The molecule has 146 valence electrons. The van der Waals surface area contributed by atoms with E-state index in [1.807, 2.05) is 13.0 Å². The molecule has 0 atom stereocenters. The molecule has 2 aromatic rings. The molecule has 1 saturated heterocycles. The highest BCUT2D eigenvalue weighted by molar-refractivity contribution is 7.89. The van der Waals surface area contributed by atoms with Crippen molar-refractivity contribution in [1.82, 2.24) is 9.21 Å². The number of hydrogen-bond acceptors (Lipinski definition) is 5. The summed E-state index contributed by atoms with van der Waals surface area (Å²) in [5.74, 6) is 1.53. The molecule has 0 aliphatic carbocycles. The second-order valence-electron chi connectivity index (χ2n) is 6.66. The highest BCUT2D eigenvalue weighted by Crippen LogP contribution is 2.22. The minimum absolute atomic E-state index is 0.308. The smallest absolute Gasteiger partial charge is 0.243 e. The molecule has 0 radical (unpaired) electrons. The summed E-state index contributed by atoms with van der Waals surface area (Å²) < 4.78 is 37.6. The molecular formula is C20H26N2O4S. The second-order valence-corrected chi connectivity index (χ2v) is 8.60. The van der Waals surface area contributed by atoms with Crippen LogP contribution in [0.3, 0.4) is 0 Å². The van der Waals surface area contributed by atoms with Crippen molar-refractivity contribution in [2.75, 3.05) is 40.4 Å². The number of piperazine rings is 1. The summed E-state index contributed by atoms with van der Waals surface area (Å²) in [4.78, 5) is 2.59. The molecule has 0 spiro atoms. The molecule has 0 N–H and O–H groups in total. The van der Waals surface area contributed by atoms with E-state index in [-0.39, 0.29) is 0 Å². The minimum atomic E-state index is -3.46. The van der Waals surface area contributed by atoms with Crippen LogP contribution in [0.1, 0.15) is 11.1 Å². The van der Waals surface area contributed by atoms with E-state index in [0.717, 1.165) is 17.9 Å². The Morgan fingerprint density at radius 1 is 0.926 bits per heavy atom. The van der Waals surface area contributed by atoms with Gasteiger partial charge in [-0.3, -0.25) is 4.90 Å². The lowest BCUT2D eigenvalue weighted by Gasteiger charge is -2.34. The SMILES string of the molecule is COc1ccc(S(=O)(=O)N2CCN(Cc3ccc(OC)c(C)c3)CC2)cc1. The number of sulfonamides is 1. The van der Waals surface area contributed by atoms with Gasteiger partial charge in [-0.1, -0.05) is 12.1 Å². The quantitative estimate of drug-likeness (QED) is 0.759. The highest BCUT2D eigenvalue weighted by atomic mass is 32.2. The van der Waals surface area contributed by atoms with Gasteiger partial charge in [0.2, 0.25) is 10.0 Å². The summed E-state index contributed by atoms with van der Waals surface area (Å²) >= 11 is 0. The fourth-order valence-corrected chi connectivity index (χ4v) is 4.74. The number of ether oxygens (including phenoxy) is 2. The standard InChI is InChI=1S/C20H26N2O4S/c1-16-14-17(4-9-20(16)26-3)15-21-10-12-22(13-11-21)27(23,24)19-7-5-18(25-2)6-8-19/h4-9,14H,10-13,15H2,1-3H3. The molecule has 27 heavy (non-hydrogen) atoms. The monoisotopic (exact) mass is 390 g/mol. The fourth-order valence-electron chi connectivity index (χ4n) is 3.32. The van der Waals surface area contributed by atoms with E-state index in [2.05, 4.69) is 17.0 Å². The predicted molar refractivity (Wildman–Crippen MR) is 105 cm³/mol. The number of nitrogens with zero attached hydrogens (tertiary/aromatic N) is 2. The third-order valence-electron chi connectivity index (χ3n) is 4.89. The average Bonchev–Trinajstić information content (AvgIpc) is 2.68. The van der Waals surface area contributed by atoms with E-state index in [0.29, 0.717) is 36.8 Å². The molecule has 0 amide bonds. The summed E-state index contributed by atoms with van der Waals surface area (Å²) in [7, 11) is -0.231. The van der Waals surface area contributed by atoms with E-state index in [9.17, 15) is 8.42 Å². The maximum atomic E-state index is 12.8. The van der Waals surface area contributed by atoms with Gasteiger partial charge in [-0.15, -0.1) is 0 Å². The molecule has 1 aliphatic rings. The van der Waals surface area contributed by atoms with Gasteiger partial charge in [0.1, 0.15) is 11.5 Å². The second kappa shape index (κ2) is 8.29. The van der Waals surface area contributed by atoms with Gasteiger partial charge in [0, 0.05) is 32.7 Å². The van der Waals surface area contributed by atoms with Crippen molar-refractivity contribution in [2.24, 2.45) is 0 Å². The number of aryl methyl sites for hydroxylation is 1. The predicted octanol–water partition coefficient (Wildman–Crippen LogP) is 2.52. The first-order valence-corrected chi connectivity index (χ1v) is 10.4. The number of rotatable bonds is 6. The molecule has 2 aromatic carbocycles. The van der Waals surface area contributed by atoms with Crippen molar-refractivity contribution in [3.63, 3.8) is 0 Å². The summed E-state index contributed by atoms with van der Waals surface area (Å²) in [5.41, 5.74) is 2.32. The van der Waals surface area contributed by atoms with E-state index in [4.69, 9.17) is 9.47 Å². The average molecular weight is 391 g/mol. The van der Waals surface area contributed by atoms with Crippen LogP contribution < -0.4 is 9.47 Å². The normalized spacial score (nSPS) is 16.3. The third kappa shape index (κ3) is 4.43. The van der Waals surface area contributed by atoms with Gasteiger partial charge in [-0.25, -0.2) is 8.42 Å². The van der Waals surface area contributed by atoms with Crippen LogP contribution >= 0.6 is 0 Å². The molecular weight excluding hydrogens is 364 g/mol. The Kier molecular flexibility index (Phi) is 6.04. The highest BCUT2D eigenvalue weighted by Gasteiger charge is 2.28. The van der Waals surface area contributed by atoms with E-state index < -0.39 is 10.0 Å². The lowest BCUT2D eigenvalue weighted by Crippen LogP contribution is -2.48. The van der Waals surface area contributed by atoms with Crippen LogP contribution in [0.25, 0.3) is 0 Å². The molecule has 6 nitrogen and oxygen atoms in total. The molecule has 7 heteroatoms. The fraction of sp³-hybridized carbons (Fsp3) is 0.400. The van der Waals surface area contributed by atoms with E-state index in [1.165, 1.54) is 5.56 Å². The van der Waals surface area contributed by atoms with Gasteiger partial charge in [0.15, 0.2) is 0 Å². The van der Waals surface area contributed by atoms with Crippen molar-refractivity contribution in [1.29, 1.82) is 0 Å². The van der Waals surface area contributed by atoms with Crippen LogP contribution in [0.2, 0.25) is 0 Å². The van der Waals surface area contributed by atoms with Crippen LogP contribution in [0.4, 0.5) is 0 Å². The zero-order valence-corrected chi connectivity index (χ0v) is 16.8. The summed E-state index contributed by atoms with van der Waals surface area (Å²) in [5, 5.41) is 0. The maximum Gasteiger partial charge on any atom is 0.243 e. The summed E-state index contributed by atoms with van der Waals surface area (Å²) in [6.45, 7) is 5.23. The Balaban J connectivity index is 1.61. The minimum Gasteiger partial charge on any atom is -0.497 e. The lowest BCUT2D eigenvalue weighted by atomic mass is 10.1. The Labute approximate surface area is 161 Å². The molecule has 1 heterocycles. The Bertz CT molecular complexity index is 873. The topological polar surface area (TPSA) is 59.1 Å². The zero-order chi connectivity index (χ0) is 19.4. The summed E-state index contributed by atoms with van der Waals surface area (Å²) in [6, 6.07) is 12.7. The van der Waals surface area contributed by atoms with Gasteiger partial charge in [-0.2, -0.15) is 4.31 Å². The van der Waals surface area contributed by atoms with Crippen LogP contribution in [-0.4, -0.2) is 58.0 Å². The van der Waals surface area contributed by atoms with Gasteiger partial charge < -0.3 is 9.47 Å². The largest absolute Gasteiger partial charge is 0.497 e.